The van der Waals surface area contributed by atoms with Gasteiger partial charge >= 0.3 is 0 Å². The number of amides is 1. The fraction of sp³-hybridized carbons (Fsp3) is 0.500. The van der Waals surface area contributed by atoms with Crippen LogP contribution in [0.25, 0.3) is 10.2 Å². The van der Waals surface area contributed by atoms with E-state index in [4.69, 9.17) is 4.74 Å². The molecule has 2 fully saturated rings. The van der Waals surface area contributed by atoms with E-state index in [1.165, 1.54) is 33.0 Å². The first-order chi connectivity index (χ1) is 18.1. The molecule has 10 nitrogen and oxygen atoms in total. The summed E-state index contributed by atoms with van der Waals surface area (Å²) in [5.41, 5.74) is 0.371. The molecule has 1 aromatic carbocycles. The SMILES string of the molecule is CS(=O)(=O)c1cccc2sc(N(CCN3CCOCC3)C(=O)C3CCN(S(=O)(=O)c4cccs4)CC3)nc12.Cl. The van der Waals surface area contributed by atoms with Crippen molar-refractivity contribution in [3.05, 3.63) is 35.7 Å². The minimum atomic E-state index is -3.56. The Kier molecular flexibility index (Phi) is 9.69. The van der Waals surface area contributed by atoms with Crippen LogP contribution in [0.2, 0.25) is 0 Å². The number of morpholine rings is 1. The van der Waals surface area contributed by atoms with Crippen LogP contribution in [0.5, 0.6) is 0 Å². The fourth-order valence-electron chi connectivity index (χ4n) is 4.79. The molecule has 39 heavy (non-hydrogen) atoms. The second-order valence-electron chi connectivity index (χ2n) is 9.43. The largest absolute Gasteiger partial charge is 0.379 e. The molecular weight excluding hydrogens is 604 g/mol. The van der Waals surface area contributed by atoms with Crippen LogP contribution < -0.4 is 4.90 Å². The zero-order valence-corrected chi connectivity index (χ0v) is 25.5. The summed E-state index contributed by atoms with van der Waals surface area (Å²) in [6.07, 6.45) is 1.98. The summed E-state index contributed by atoms with van der Waals surface area (Å²) in [6.45, 7) is 4.42. The van der Waals surface area contributed by atoms with Gasteiger partial charge in [0.25, 0.3) is 10.0 Å². The summed E-state index contributed by atoms with van der Waals surface area (Å²) in [7, 11) is -7.05. The Bertz CT molecular complexity index is 1500. The molecule has 15 heteroatoms. The van der Waals surface area contributed by atoms with Crippen molar-refractivity contribution in [3.8, 4) is 0 Å². The average molecular weight is 635 g/mol. The molecule has 5 rings (SSSR count). The predicted octanol–water partition coefficient (Wildman–Crippen LogP) is 2.95. The standard InChI is InChI=1S/C24H30N4O6S4.ClH/c1-37(30,31)20-5-2-4-19-22(20)25-24(36-19)28(12-11-26-13-15-34-16-14-26)23(29)18-7-9-27(10-8-18)38(32,33)21-6-3-17-35-21;/h2-6,17-18H,7-16H2,1H3;1H. The van der Waals surface area contributed by atoms with Crippen LogP contribution in [0, 0.1) is 5.92 Å². The van der Waals surface area contributed by atoms with E-state index in [0.717, 1.165) is 19.3 Å². The van der Waals surface area contributed by atoms with Crippen molar-refractivity contribution >= 4 is 76.2 Å². The van der Waals surface area contributed by atoms with E-state index < -0.39 is 19.9 Å². The van der Waals surface area contributed by atoms with Gasteiger partial charge in [0.15, 0.2) is 15.0 Å². The highest BCUT2D eigenvalue weighted by molar-refractivity contribution is 7.91. The summed E-state index contributed by atoms with van der Waals surface area (Å²) in [5, 5.41) is 2.20. The lowest BCUT2D eigenvalue weighted by molar-refractivity contribution is -0.123. The molecule has 1 amide bonds. The molecule has 0 atom stereocenters. The number of ether oxygens (including phenoxy) is 1. The topological polar surface area (TPSA) is 117 Å². The van der Waals surface area contributed by atoms with Gasteiger partial charge in [-0.3, -0.25) is 14.6 Å². The normalized spacial score (nSPS) is 18.2. The summed E-state index contributed by atoms with van der Waals surface area (Å²) < 4.78 is 58.5. The Morgan fingerprint density at radius 3 is 2.44 bits per heavy atom. The quantitative estimate of drug-likeness (QED) is 0.371. The zero-order chi connectivity index (χ0) is 26.9. The van der Waals surface area contributed by atoms with Crippen molar-refractivity contribution in [2.75, 3.05) is 63.6 Å². The summed E-state index contributed by atoms with van der Waals surface area (Å²) >= 11 is 2.49. The highest BCUT2D eigenvalue weighted by Crippen LogP contribution is 2.35. The maximum absolute atomic E-state index is 13.9. The Morgan fingerprint density at radius 2 is 1.79 bits per heavy atom. The Hall–Kier alpha value is -1.65. The number of hydrogen-bond donors (Lipinski definition) is 0. The number of anilines is 1. The molecule has 3 aromatic rings. The van der Waals surface area contributed by atoms with Gasteiger partial charge in [-0.25, -0.2) is 21.8 Å². The summed E-state index contributed by atoms with van der Waals surface area (Å²) in [6, 6.07) is 8.34. The van der Waals surface area contributed by atoms with Crippen molar-refractivity contribution in [1.29, 1.82) is 0 Å². The highest BCUT2D eigenvalue weighted by atomic mass is 35.5. The molecule has 0 radical (unpaired) electrons. The number of fused-ring (bicyclic) bond motifs is 1. The van der Waals surface area contributed by atoms with E-state index in [1.54, 1.807) is 28.5 Å². The molecule has 0 spiro atoms. The van der Waals surface area contributed by atoms with Crippen molar-refractivity contribution in [2.24, 2.45) is 5.92 Å². The third-order valence-electron chi connectivity index (χ3n) is 6.90. The number of carbonyl (C=O) groups is 1. The minimum Gasteiger partial charge on any atom is -0.379 e. The highest BCUT2D eigenvalue weighted by Gasteiger charge is 2.35. The molecule has 0 unspecified atom stereocenters. The lowest BCUT2D eigenvalue weighted by Crippen LogP contribution is -2.47. The van der Waals surface area contributed by atoms with Gasteiger partial charge in [-0.15, -0.1) is 23.7 Å². The minimum absolute atomic E-state index is 0. The zero-order valence-electron chi connectivity index (χ0n) is 21.4. The molecule has 0 aliphatic carbocycles. The van der Waals surface area contributed by atoms with E-state index in [1.807, 2.05) is 6.07 Å². The number of benzene rings is 1. The number of hydrogen-bond acceptors (Lipinski definition) is 10. The molecule has 214 valence electrons. The van der Waals surface area contributed by atoms with Gasteiger partial charge in [0.2, 0.25) is 5.91 Å². The molecule has 0 saturated carbocycles. The Balaban J connectivity index is 0.00000353. The van der Waals surface area contributed by atoms with E-state index >= 15 is 0 Å². The number of carbonyl (C=O) groups excluding carboxylic acids is 1. The van der Waals surface area contributed by atoms with Crippen molar-refractivity contribution < 1.29 is 26.4 Å². The van der Waals surface area contributed by atoms with Gasteiger partial charge in [-0.2, -0.15) is 4.31 Å². The number of para-hydroxylation sites is 1. The number of halogens is 1. The maximum Gasteiger partial charge on any atom is 0.252 e. The number of nitrogens with zero attached hydrogens (tertiary/aromatic N) is 4. The molecule has 2 aromatic heterocycles. The molecule has 0 N–H and O–H groups in total. The van der Waals surface area contributed by atoms with Crippen molar-refractivity contribution in [1.82, 2.24) is 14.2 Å². The first-order valence-corrected chi connectivity index (χ1v) is 17.4. The van der Waals surface area contributed by atoms with Crippen LogP contribution >= 0.6 is 35.1 Å². The molecule has 0 bridgehead atoms. The second kappa shape index (κ2) is 12.5. The Morgan fingerprint density at radius 1 is 1.08 bits per heavy atom. The number of sulfonamides is 1. The van der Waals surface area contributed by atoms with E-state index in [-0.39, 0.29) is 42.2 Å². The number of aromatic nitrogens is 1. The van der Waals surface area contributed by atoms with Crippen LogP contribution in [0.1, 0.15) is 12.8 Å². The van der Waals surface area contributed by atoms with E-state index in [0.29, 0.717) is 58.7 Å². The van der Waals surface area contributed by atoms with Gasteiger partial charge < -0.3 is 4.74 Å². The average Bonchev–Trinajstić information content (AvgIpc) is 3.59. The van der Waals surface area contributed by atoms with Gasteiger partial charge in [0, 0.05) is 51.4 Å². The van der Waals surface area contributed by atoms with Crippen LogP contribution in [0.4, 0.5) is 5.13 Å². The van der Waals surface area contributed by atoms with Crippen molar-refractivity contribution in [3.63, 3.8) is 0 Å². The fourth-order valence-corrected chi connectivity index (χ4v) is 9.33. The van der Waals surface area contributed by atoms with E-state index in [2.05, 4.69) is 9.88 Å². The lowest BCUT2D eigenvalue weighted by atomic mass is 9.96. The van der Waals surface area contributed by atoms with Crippen LogP contribution in [0.3, 0.4) is 0 Å². The number of piperidine rings is 1. The molecule has 2 aliphatic heterocycles. The summed E-state index contributed by atoms with van der Waals surface area (Å²) in [5.74, 6) is -0.456. The predicted molar refractivity (Wildman–Crippen MR) is 155 cm³/mol. The first kappa shape index (κ1) is 30.3. The second-order valence-corrected chi connectivity index (χ2v) is 15.5. The third-order valence-corrected chi connectivity index (χ3v) is 12.3. The monoisotopic (exact) mass is 634 g/mol. The number of thiazole rings is 1. The van der Waals surface area contributed by atoms with Gasteiger partial charge in [0.1, 0.15) is 9.73 Å². The number of thiophene rings is 1. The molecule has 2 saturated heterocycles. The maximum atomic E-state index is 13.9. The van der Waals surface area contributed by atoms with Crippen LogP contribution in [-0.4, -0.2) is 95.7 Å². The van der Waals surface area contributed by atoms with Gasteiger partial charge in [-0.1, -0.05) is 23.5 Å². The van der Waals surface area contributed by atoms with Crippen LogP contribution in [0.15, 0.2) is 44.8 Å². The summed E-state index contributed by atoms with van der Waals surface area (Å²) in [4.78, 5) is 22.6. The van der Waals surface area contributed by atoms with Crippen molar-refractivity contribution in [2.45, 2.75) is 21.9 Å². The first-order valence-electron chi connectivity index (χ1n) is 12.4. The smallest absolute Gasteiger partial charge is 0.252 e. The van der Waals surface area contributed by atoms with Crippen LogP contribution in [-0.2, 0) is 29.4 Å². The molecule has 2 aliphatic rings. The Labute approximate surface area is 242 Å². The van der Waals surface area contributed by atoms with Gasteiger partial charge in [0.05, 0.1) is 22.8 Å². The lowest BCUT2D eigenvalue weighted by Gasteiger charge is -2.34. The van der Waals surface area contributed by atoms with E-state index in [9.17, 15) is 21.6 Å². The third kappa shape index (κ3) is 6.64. The molecular formula is C24H31ClN4O6S4. The number of sulfone groups is 1. The number of rotatable bonds is 8. The van der Waals surface area contributed by atoms with Gasteiger partial charge in [-0.05, 0) is 36.4 Å². The molecule has 4 heterocycles.